The lowest BCUT2D eigenvalue weighted by Gasteiger charge is -2.08. The van der Waals surface area contributed by atoms with Crippen LogP contribution in [0.2, 0.25) is 0 Å². The van der Waals surface area contributed by atoms with Crippen LogP contribution in [-0.4, -0.2) is 32.5 Å². The molecule has 0 saturated carbocycles. The standard InChI is InChI=1S/C15H9BrF3N5O2/c16-9-2-1-3-10(8-9)20-14(25)13-21-23-24(22-13)11-4-6-12(7-5-11)26-15(17,18)19/h1-8H,(H,20,25). The van der Waals surface area contributed by atoms with E-state index in [1.807, 2.05) is 0 Å². The minimum Gasteiger partial charge on any atom is -0.406 e. The van der Waals surface area contributed by atoms with Crippen molar-refractivity contribution < 1.29 is 22.7 Å². The highest BCUT2D eigenvalue weighted by Gasteiger charge is 2.31. The van der Waals surface area contributed by atoms with Gasteiger partial charge in [0.1, 0.15) is 5.75 Å². The van der Waals surface area contributed by atoms with Gasteiger partial charge in [-0.2, -0.15) is 0 Å². The van der Waals surface area contributed by atoms with Crippen LogP contribution >= 0.6 is 15.9 Å². The molecule has 26 heavy (non-hydrogen) atoms. The van der Waals surface area contributed by atoms with Gasteiger partial charge in [0.2, 0.25) is 0 Å². The predicted octanol–water partition coefficient (Wildman–Crippen LogP) is 3.58. The third-order valence-electron chi connectivity index (χ3n) is 3.00. The molecule has 1 heterocycles. The Morgan fingerprint density at radius 3 is 2.54 bits per heavy atom. The number of carbonyl (C=O) groups excluding carboxylic acids is 1. The number of benzene rings is 2. The summed E-state index contributed by atoms with van der Waals surface area (Å²) in [5.74, 6) is -1.15. The van der Waals surface area contributed by atoms with Gasteiger partial charge in [0.25, 0.3) is 11.7 Å². The highest BCUT2D eigenvalue weighted by molar-refractivity contribution is 9.10. The molecule has 0 saturated heterocycles. The highest BCUT2D eigenvalue weighted by Crippen LogP contribution is 2.23. The lowest BCUT2D eigenvalue weighted by atomic mass is 10.3. The van der Waals surface area contributed by atoms with Gasteiger partial charge in [0.15, 0.2) is 0 Å². The normalized spacial score (nSPS) is 11.2. The van der Waals surface area contributed by atoms with Gasteiger partial charge in [-0.15, -0.1) is 28.2 Å². The van der Waals surface area contributed by atoms with E-state index < -0.39 is 12.3 Å². The fourth-order valence-electron chi connectivity index (χ4n) is 1.95. The monoisotopic (exact) mass is 427 g/mol. The Labute approximate surface area is 152 Å². The van der Waals surface area contributed by atoms with Crippen molar-refractivity contribution in [3.05, 3.63) is 58.8 Å². The van der Waals surface area contributed by atoms with Crippen LogP contribution in [0.15, 0.2) is 53.0 Å². The zero-order chi connectivity index (χ0) is 18.7. The van der Waals surface area contributed by atoms with Gasteiger partial charge in [0, 0.05) is 10.2 Å². The minimum absolute atomic E-state index is 0.194. The minimum atomic E-state index is -4.77. The number of tetrazole rings is 1. The van der Waals surface area contributed by atoms with Crippen molar-refractivity contribution in [2.24, 2.45) is 0 Å². The number of alkyl halides is 3. The largest absolute Gasteiger partial charge is 0.573 e. The molecule has 0 aliphatic carbocycles. The maximum Gasteiger partial charge on any atom is 0.573 e. The zero-order valence-corrected chi connectivity index (χ0v) is 14.3. The number of hydrogen-bond acceptors (Lipinski definition) is 5. The number of nitrogens with zero attached hydrogens (tertiary/aromatic N) is 4. The Bertz CT molecular complexity index is 928. The van der Waals surface area contributed by atoms with E-state index in [0.717, 1.165) is 21.4 Å². The summed E-state index contributed by atoms with van der Waals surface area (Å²) < 4.78 is 41.0. The van der Waals surface area contributed by atoms with E-state index in [-0.39, 0.29) is 11.6 Å². The lowest BCUT2D eigenvalue weighted by molar-refractivity contribution is -0.274. The third kappa shape index (κ3) is 4.57. The number of halogens is 4. The number of carbonyl (C=O) groups is 1. The molecule has 1 aromatic heterocycles. The van der Waals surface area contributed by atoms with Crippen LogP contribution in [0.25, 0.3) is 5.69 Å². The molecule has 0 unspecified atom stereocenters. The molecule has 1 amide bonds. The smallest absolute Gasteiger partial charge is 0.406 e. The topological polar surface area (TPSA) is 81.9 Å². The molecule has 0 spiro atoms. The first-order valence-corrected chi connectivity index (χ1v) is 7.82. The predicted molar refractivity (Wildman–Crippen MR) is 87.9 cm³/mol. The fourth-order valence-corrected chi connectivity index (χ4v) is 2.35. The first kappa shape index (κ1) is 17.9. The molecule has 0 atom stereocenters. The van der Waals surface area contributed by atoms with E-state index in [2.05, 4.69) is 41.4 Å². The average molecular weight is 428 g/mol. The van der Waals surface area contributed by atoms with Crippen molar-refractivity contribution in [1.82, 2.24) is 20.2 Å². The Morgan fingerprint density at radius 2 is 1.88 bits per heavy atom. The van der Waals surface area contributed by atoms with Crippen LogP contribution in [0.5, 0.6) is 5.75 Å². The van der Waals surface area contributed by atoms with Crippen molar-refractivity contribution >= 4 is 27.5 Å². The van der Waals surface area contributed by atoms with Crippen LogP contribution < -0.4 is 10.1 Å². The first-order valence-electron chi connectivity index (χ1n) is 7.03. The SMILES string of the molecule is O=C(Nc1cccc(Br)c1)c1nnn(-c2ccc(OC(F)(F)F)cc2)n1. The lowest BCUT2D eigenvalue weighted by Crippen LogP contribution is -2.17. The van der Waals surface area contributed by atoms with Gasteiger partial charge in [0.05, 0.1) is 5.69 Å². The van der Waals surface area contributed by atoms with E-state index in [1.165, 1.54) is 12.1 Å². The second-order valence-corrected chi connectivity index (χ2v) is 5.82. The highest BCUT2D eigenvalue weighted by atomic mass is 79.9. The molecule has 3 aromatic rings. The summed E-state index contributed by atoms with van der Waals surface area (Å²) in [7, 11) is 0. The summed E-state index contributed by atoms with van der Waals surface area (Å²) >= 11 is 3.29. The van der Waals surface area contributed by atoms with Gasteiger partial charge < -0.3 is 10.1 Å². The molecular weight excluding hydrogens is 419 g/mol. The number of anilines is 1. The van der Waals surface area contributed by atoms with Crippen LogP contribution in [0.1, 0.15) is 10.6 Å². The Hall–Kier alpha value is -2.95. The summed E-state index contributed by atoms with van der Waals surface area (Å²) in [6.45, 7) is 0. The number of amides is 1. The van der Waals surface area contributed by atoms with Crippen LogP contribution in [0.4, 0.5) is 18.9 Å². The van der Waals surface area contributed by atoms with Crippen LogP contribution in [0, 0.1) is 0 Å². The molecule has 11 heteroatoms. The van der Waals surface area contributed by atoms with Crippen molar-refractivity contribution in [3.63, 3.8) is 0 Å². The molecule has 0 radical (unpaired) electrons. The quantitative estimate of drug-likeness (QED) is 0.687. The van der Waals surface area contributed by atoms with Gasteiger partial charge in [-0.05, 0) is 47.7 Å². The van der Waals surface area contributed by atoms with E-state index in [1.54, 1.807) is 24.3 Å². The summed E-state index contributed by atoms with van der Waals surface area (Å²) in [4.78, 5) is 13.2. The Kier molecular flexibility index (Phi) is 4.89. The second kappa shape index (κ2) is 7.12. The number of rotatable bonds is 4. The summed E-state index contributed by atoms with van der Waals surface area (Å²) in [5.41, 5.74) is 0.850. The van der Waals surface area contributed by atoms with Gasteiger partial charge in [-0.25, -0.2) is 0 Å². The van der Waals surface area contributed by atoms with Gasteiger partial charge in [-0.1, -0.05) is 22.0 Å². The van der Waals surface area contributed by atoms with Crippen LogP contribution in [-0.2, 0) is 0 Å². The molecule has 0 aliphatic heterocycles. The molecule has 3 rings (SSSR count). The van der Waals surface area contributed by atoms with Crippen LogP contribution in [0.3, 0.4) is 0 Å². The first-order chi connectivity index (χ1) is 12.3. The van der Waals surface area contributed by atoms with E-state index in [4.69, 9.17) is 0 Å². The second-order valence-electron chi connectivity index (χ2n) is 4.91. The maximum atomic E-state index is 12.2. The van der Waals surface area contributed by atoms with E-state index in [0.29, 0.717) is 11.4 Å². The third-order valence-corrected chi connectivity index (χ3v) is 3.49. The number of nitrogens with one attached hydrogen (secondary N) is 1. The molecule has 0 fully saturated rings. The van der Waals surface area contributed by atoms with Crippen molar-refractivity contribution in [2.45, 2.75) is 6.36 Å². The molecule has 0 aliphatic rings. The number of ether oxygens (including phenoxy) is 1. The summed E-state index contributed by atoms with van der Waals surface area (Å²) in [6, 6.07) is 11.7. The average Bonchev–Trinajstić information content (AvgIpc) is 3.04. The van der Waals surface area contributed by atoms with E-state index >= 15 is 0 Å². The van der Waals surface area contributed by atoms with Crippen molar-refractivity contribution in [2.75, 3.05) is 5.32 Å². The van der Waals surface area contributed by atoms with Crippen molar-refractivity contribution in [1.29, 1.82) is 0 Å². The molecule has 1 N–H and O–H groups in total. The molecule has 0 bridgehead atoms. The number of aromatic nitrogens is 4. The van der Waals surface area contributed by atoms with Gasteiger partial charge >= 0.3 is 6.36 Å². The Morgan fingerprint density at radius 1 is 1.15 bits per heavy atom. The Balaban J connectivity index is 1.72. The molecule has 7 nitrogen and oxygen atoms in total. The number of hydrogen-bond donors (Lipinski definition) is 1. The molecule has 2 aromatic carbocycles. The van der Waals surface area contributed by atoms with E-state index in [9.17, 15) is 18.0 Å². The molecular formula is C15H9BrF3N5O2. The summed E-state index contributed by atoms with van der Waals surface area (Å²) in [5, 5.41) is 13.9. The van der Waals surface area contributed by atoms with Gasteiger partial charge in [-0.3, -0.25) is 4.79 Å². The van der Waals surface area contributed by atoms with Crippen molar-refractivity contribution in [3.8, 4) is 11.4 Å². The fraction of sp³-hybridized carbons (Fsp3) is 0.0667. The zero-order valence-electron chi connectivity index (χ0n) is 12.7. The summed E-state index contributed by atoms with van der Waals surface area (Å²) in [6.07, 6.45) is -4.77. The maximum absolute atomic E-state index is 12.2. The molecule has 134 valence electrons.